The molecule has 1 aromatic carbocycles. The van der Waals surface area contributed by atoms with Crippen LogP contribution in [-0.2, 0) is 9.59 Å². The van der Waals surface area contributed by atoms with Crippen molar-refractivity contribution in [3.63, 3.8) is 0 Å². The van der Waals surface area contributed by atoms with Gasteiger partial charge in [0.2, 0.25) is 5.91 Å². The van der Waals surface area contributed by atoms with Crippen LogP contribution in [0.5, 0.6) is 0 Å². The average molecular weight is 274 g/mol. The van der Waals surface area contributed by atoms with Gasteiger partial charge in [0.25, 0.3) is 11.8 Å². The van der Waals surface area contributed by atoms with Crippen molar-refractivity contribution in [3.05, 3.63) is 34.9 Å². The number of fused-ring (bicyclic) bond motifs is 1. The van der Waals surface area contributed by atoms with Crippen molar-refractivity contribution in [2.24, 2.45) is 5.73 Å². The smallest absolute Gasteiger partial charge is 0.262 e. The molecular weight excluding hydrogens is 260 g/mol. The Morgan fingerprint density at radius 3 is 2.55 bits per heavy atom. The predicted octanol–water partition coefficient (Wildman–Crippen LogP) is 0.424. The molecule has 20 heavy (non-hydrogen) atoms. The SMILES string of the molecule is Cc1ccc2c(c1)C(=O)N(C(C=O)CCC(N)=O)C2=O. The number of imide groups is 1. The summed E-state index contributed by atoms with van der Waals surface area (Å²) < 4.78 is 0. The van der Waals surface area contributed by atoms with Crippen molar-refractivity contribution >= 4 is 24.0 Å². The molecule has 3 amide bonds. The number of aryl methyl sites for hydroxylation is 1. The zero-order chi connectivity index (χ0) is 14.9. The highest BCUT2D eigenvalue weighted by Gasteiger charge is 2.39. The molecule has 0 aliphatic carbocycles. The third-order valence-electron chi connectivity index (χ3n) is 3.25. The van der Waals surface area contributed by atoms with Gasteiger partial charge in [-0.2, -0.15) is 0 Å². The van der Waals surface area contributed by atoms with E-state index in [0.29, 0.717) is 11.8 Å². The number of hydrogen-bond donors (Lipinski definition) is 1. The summed E-state index contributed by atoms with van der Waals surface area (Å²) in [5.41, 5.74) is 6.45. The molecule has 0 saturated heterocycles. The van der Waals surface area contributed by atoms with Gasteiger partial charge < -0.3 is 10.5 Å². The number of rotatable bonds is 5. The first-order chi connectivity index (χ1) is 9.45. The Morgan fingerprint density at radius 2 is 1.95 bits per heavy atom. The molecular formula is C14H14N2O4. The second-order valence-corrected chi connectivity index (χ2v) is 4.74. The quantitative estimate of drug-likeness (QED) is 0.621. The van der Waals surface area contributed by atoms with Crippen LogP contribution in [0.1, 0.15) is 39.1 Å². The van der Waals surface area contributed by atoms with Crippen molar-refractivity contribution in [1.29, 1.82) is 0 Å². The van der Waals surface area contributed by atoms with Gasteiger partial charge in [0, 0.05) is 6.42 Å². The number of aldehydes is 1. The summed E-state index contributed by atoms with van der Waals surface area (Å²) in [7, 11) is 0. The van der Waals surface area contributed by atoms with Gasteiger partial charge in [-0.25, -0.2) is 0 Å². The van der Waals surface area contributed by atoms with E-state index in [1.165, 1.54) is 0 Å². The maximum atomic E-state index is 12.2. The molecule has 0 fully saturated rings. The van der Waals surface area contributed by atoms with Crippen molar-refractivity contribution in [2.75, 3.05) is 0 Å². The second-order valence-electron chi connectivity index (χ2n) is 4.74. The summed E-state index contributed by atoms with van der Waals surface area (Å²) in [6.07, 6.45) is 0.483. The third-order valence-corrected chi connectivity index (χ3v) is 3.25. The molecule has 1 unspecified atom stereocenters. The fourth-order valence-electron chi connectivity index (χ4n) is 2.22. The van der Waals surface area contributed by atoms with Gasteiger partial charge in [0.05, 0.1) is 17.2 Å². The average Bonchev–Trinajstić information content (AvgIpc) is 2.64. The van der Waals surface area contributed by atoms with Crippen LogP contribution in [0.2, 0.25) is 0 Å². The minimum absolute atomic E-state index is 0.0449. The Hall–Kier alpha value is -2.50. The first kappa shape index (κ1) is 13.9. The van der Waals surface area contributed by atoms with E-state index in [4.69, 9.17) is 5.73 Å². The lowest BCUT2D eigenvalue weighted by atomic mass is 10.1. The number of benzene rings is 1. The van der Waals surface area contributed by atoms with Crippen LogP contribution in [0.25, 0.3) is 0 Å². The summed E-state index contributed by atoms with van der Waals surface area (Å²) in [5.74, 6) is -1.59. The highest BCUT2D eigenvalue weighted by molar-refractivity contribution is 6.22. The summed E-state index contributed by atoms with van der Waals surface area (Å²) in [4.78, 5) is 47.2. The highest BCUT2D eigenvalue weighted by Crippen LogP contribution is 2.26. The van der Waals surface area contributed by atoms with Crippen LogP contribution in [0, 0.1) is 6.92 Å². The molecule has 6 heteroatoms. The lowest BCUT2D eigenvalue weighted by Crippen LogP contribution is -2.41. The van der Waals surface area contributed by atoms with E-state index in [0.717, 1.165) is 10.5 Å². The lowest BCUT2D eigenvalue weighted by molar-refractivity contribution is -0.118. The molecule has 6 nitrogen and oxygen atoms in total. The summed E-state index contributed by atoms with van der Waals surface area (Å²) in [6.45, 7) is 1.81. The Labute approximate surface area is 115 Å². The van der Waals surface area contributed by atoms with E-state index in [1.807, 2.05) is 6.92 Å². The first-order valence-electron chi connectivity index (χ1n) is 6.18. The van der Waals surface area contributed by atoms with Crippen LogP contribution in [0.4, 0.5) is 0 Å². The topological polar surface area (TPSA) is 97.5 Å². The molecule has 0 saturated carbocycles. The zero-order valence-electron chi connectivity index (χ0n) is 11.0. The van der Waals surface area contributed by atoms with E-state index >= 15 is 0 Å². The maximum Gasteiger partial charge on any atom is 0.262 e. The van der Waals surface area contributed by atoms with Crippen LogP contribution in [0.3, 0.4) is 0 Å². The molecule has 2 N–H and O–H groups in total. The van der Waals surface area contributed by atoms with Crippen molar-refractivity contribution in [3.8, 4) is 0 Å². The number of carbonyl (C=O) groups excluding carboxylic acids is 4. The fourth-order valence-corrected chi connectivity index (χ4v) is 2.22. The number of primary amides is 1. The number of carbonyl (C=O) groups is 4. The summed E-state index contributed by atoms with van der Waals surface area (Å²) in [6, 6.07) is 3.95. The van der Waals surface area contributed by atoms with Crippen LogP contribution < -0.4 is 5.73 Å². The highest BCUT2D eigenvalue weighted by atomic mass is 16.2. The molecule has 0 bridgehead atoms. The van der Waals surface area contributed by atoms with Crippen LogP contribution in [0.15, 0.2) is 18.2 Å². The molecule has 0 spiro atoms. The molecule has 1 heterocycles. The fraction of sp³-hybridized carbons (Fsp3) is 0.286. The standard InChI is InChI=1S/C14H14N2O4/c1-8-2-4-10-11(6-8)14(20)16(13(10)19)9(7-17)3-5-12(15)18/h2,4,6-7,9H,3,5H2,1H3,(H2,15,18). The number of hydrogen-bond acceptors (Lipinski definition) is 4. The summed E-state index contributed by atoms with van der Waals surface area (Å²) >= 11 is 0. The zero-order valence-corrected chi connectivity index (χ0v) is 11.0. The van der Waals surface area contributed by atoms with Gasteiger partial charge in [-0.3, -0.25) is 19.3 Å². The molecule has 1 aliphatic heterocycles. The summed E-state index contributed by atoms with van der Waals surface area (Å²) in [5, 5.41) is 0. The van der Waals surface area contributed by atoms with Gasteiger partial charge >= 0.3 is 0 Å². The maximum absolute atomic E-state index is 12.2. The van der Waals surface area contributed by atoms with Gasteiger partial charge in [0.1, 0.15) is 6.29 Å². The molecule has 2 rings (SSSR count). The number of nitrogens with zero attached hydrogens (tertiary/aromatic N) is 1. The van der Waals surface area contributed by atoms with E-state index in [9.17, 15) is 19.2 Å². The molecule has 1 atom stereocenters. The predicted molar refractivity (Wildman–Crippen MR) is 70.0 cm³/mol. The molecule has 104 valence electrons. The Balaban J connectivity index is 2.30. The van der Waals surface area contributed by atoms with Gasteiger partial charge in [0.15, 0.2) is 0 Å². The monoisotopic (exact) mass is 274 g/mol. The van der Waals surface area contributed by atoms with Crippen molar-refractivity contribution in [1.82, 2.24) is 4.90 Å². The van der Waals surface area contributed by atoms with E-state index in [2.05, 4.69) is 0 Å². The largest absolute Gasteiger partial charge is 0.370 e. The van der Waals surface area contributed by atoms with Crippen molar-refractivity contribution < 1.29 is 19.2 Å². The van der Waals surface area contributed by atoms with Crippen LogP contribution in [-0.4, -0.2) is 34.9 Å². The van der Waals surface area contributed by atoms with Gasteiger partial charge in [-0.05, 0) is 25.5 Å². The van der Waals surface area contributed by atoms with Crippen LogP contribution >= 0.6 is 0 Å². The molecule has 1 aromatic rings. The molecule has 0 radical (unpaired) electrons. The minimum Gasteiger partial charge on any atom is -0.370 e. The minimum atomic E-state index is -0.963. The number of amides is 3. The number of nitrogens with two attached hydrogens (primary N) is 1. The second kappa shape index (κ2) is 5.24. The lowest BCUT2D eigenvalue weighted by Gasteiger charge is -2.20. The molecule has 0 aromatic heterocycles. The van der Waals surface area contributed by atoms with Gasteiger partial charge in [-0.1, -0.05) is 11.6 Å². The first-order valence-corrected chi connectivity index (χ1v) is 6.18. The Kier molecular flexibility index (Phi) is 3.65. The van der Waals surface area contributed by atoms with Crippen molar-refractivity contribution in [2.45, 2.75) is 25.8 Å². The Morgan fingerprint density at radius 1 is 1.30 bits per heavy atom. The molecule has 1 aliphatic rings. The van der Waals surface area contributed by atoms with Gasteiger partial charge in [-0.15, -0.1) is 0 Å². The van der Waals surface area contributed by atoms with E-state index in [1.54, 1.807) is 18.2 Å². The normalized spacial score (nSPS) is 15.2. The van der Waals surface area contributed by atoms with E-state index in [-0.39, 0.29) is 18.4 Å². The Bertz CT molecular complexity index is 609. The van der Waals surface area contributed by atoms with E-state index < -0.39 is 23.8 Å². The third kappa shape index (κ3) is 2.32.